The average molecular weight is 287 g/mol. The van der Waals surface area contributed by atoms with Crippen LogP contribution in [-0.4, -0.2) is 18.7 Å². The molecule has 0 unspecified atom stereocenters. The Bertz CT molecular complexity index is 559. The lowest BCUT2D eigenvalue weighted by molar-refractivity contribution is -0.124. The zero-order valence-electron chi connectivity index (χ0n) is 12.2. The molecule has 4 rings (SSSR count). The molecule has 3 aliphatic rings. The molecule has 0 aromatic heterocycles. The number of ether oxygens (including phenoxy) is 2. The van der Waals surface area contributed by atoms with E-state index in [1.807, 2.05) is 18.2 Å². The van der Waals surface area contributed by atoms with E-state index < -0.39 is 0 Å². The average Bonchev–Trinajstić information content (AvgIpc) is 3.20. The molecule has 2 saturated carbocycles. The van der Waals surface area contributed by atoms with Crippen molar-refractivity contribution in [3.8, 4) is 11.5 Å². The molecule has 21 heavy (non-hydrogen) atoms. The highest BCUT2D eigenvalue weighted by Crippen LogP contribution is 2.50. The standard InChI is InChI=1S/C17H21NO3/c19-16(18-13-4-2-1-3-5-13)17(8-9-17)12-6-7-14-15(10-12)21-11-20-14/h6-7,10,13H,1-5,8-9,11H2,(H,18,19). The van der Waals surface area contributed by atoms with Crippen LogP contribution in [0.5, 0.6) is 11.5 Å². The van der Waals surface area contributed by atoms with Crippen molar-refractivity contribution in [1.82, 2.24) is 5.32 Å². The molecule has 1 aliphatic heterocycles. The molecule has 1 amide bonds. The van der Waals surface area contributed by atoms with Crippen LogP contribution < -0.4 is 14.8 Å². The highest BCUT2D eigenvalue weighted by atomic mass is 16.7. The first-order valence-corrected chi connectivity index (χ1v) is 7.99. The van der Waals surface area contributed by atoms with E-state index in [1.54, 1.807) is 0 Å². The fraction of sp³-hybridized carbons (Fsp3) is 0.588. The second-order valence-electron chi connectivity index (χ2n) is 6.46. The molecule has 0 bridgehead atoms. The second kappa shape index (κ2) is 4.93. The molecule has 1 aromatic rings. The highest BCUT2D eigenvalue weighted by Gasteiger charge is 2.52. The first-order valence-electron chi connectivity index (χ1n) is 7.99. The van der Waals surface area contributed by atoms with Crippen molar-refractivity contribution in [1.29, 1.82) is 0 Å². The lowest BCUT2D eigenvalue weighted by atomic mass is 9.91. The van der Waals surface area contributed by atoms with Gasteiger partial charge in [-0.2, -0.15) is 0 Å². The van der Waals surface area contributed by atoms with Crippen LogP contribution in [0, 0.1) is 0 Å². The van der Waals surface area contributed by atoms with E-state index in [9.17, 15) is 4.79 Å². The van der Waals surface area contributed by atoms with Gasteiger partial charge in [-0.1, -0.05) is 25.3 Å². The minimum absolute atomic E-state index is 0.202. The Morgan fingerprint density at radius 1 is 1.10 bits per heavy atom. The largest absolute Gasteiger partial charge is 0.454 e. The van der Waals surface area contributed by atoms with Gasteiger partial charge in [-0.3, -0.25) is 4.79 Å². The SMILES string of the molecule is O=C(NC1CCCCC1)C1(c2ccc3c(c2)OCO3)CC1. The van der Waals surface area contributed by atoms with Gasteiger partial charge in [0.1, 0.15) is 0 Å². The van der Waals surface area contributed by atoms with E-state index in [-0.39, 0.29) is 18.1 Å². The van der Waals surface area contributed by atoms with Crippen molar-refractivity contribution in [2.75, 3.05) is 6.79 Å². The lowest BCUT2D eigenvalue weighted by Crippen LogP contribution is -2.42. The van der Waals surface area contributed by atoms with Gasteiger partial charge in [-0.05, 0) is 43.4 Å². The topological polar surface area (TPSA) is 47.6 Å². The minimum atomic E-state index is -0.321. The van der Waals surface area contributed by atoms with Gasteiger partial charge in [-0.25, -0.2) is 0 Å². The third-order valence-electron chi connectivity index (χ3n) is 5.05. The first-order chi connectivity index (χ1) is 10.3. The third kappa shape index (κ3) is 2.27. The molecule has 2 aliphatic carbocycles. The molecule has 2 fully saturated rings. The number of hydrogen-bond donors (Lipinski definition) is 1. The number of nitrogens with one attached hydrogen (secondary N) is 1. The quantitative estimate of drug-likeness (QED) is 0.930. The fourth-order valence-electron chi connectivity index (χ4n) is 3.54. The second-order valence-corrected chi connectivity index (χ2v) is 6.46. The number of amides is 1. The van der Waals surface area contributed by atoms with Gasteiger partial charge in [0.2, 0.25) is 12.7 Å². The minimum Gasteiger partial charge on any atom is -0.454 e. The fourth-order valence-corrected chi connectivity index (χ4v) is 3.54. The summed E-state index contributed by atoms with van der Waals surface area (Å²) < 4.78 is 10.8. The molecule has 112 valence electrons. The van der Waals surface area contributed by atoms with Gasteiger partial charge >= 0.3 is 0 Å². The van der Waals surface area contributed by atoms with Crippen LogP contribution in [-0.2, 0) is 10.2 Å². The summed E-state index contributed by atoms with van der Waals surface area (Å²) >= 11 is 0. The predicted octanol–water partition coefficient (Wildman–Crippen LogP) is 2.90. The first kappa shape index (κ1) is 13.0. The zero-order valence-corrected chi connectivity index (χ0v) is 12.2. The molecule has 0 radical (unpaired) electrons. The summed E-state index contributed by atoms with van der Waals surface area (Å²) in [5, 5.41) is 3.28. The monoisotopic (exact) mass is 287 g/mol. The Morgan fingerprint density at radius 3 is 2.62 bits per heavy atom. The molecule has 4 heteroatoms. The van der Waals surface area contributed by atoms with Crippen molar-refractivity contribution in [3.05, 3.63) is 23.8 Å². The third-order valence-corrected chi connectivity index (χ3v) is 5.05. The molecule has 0 spiro atoms. The van der Waals surface area contributed by atoms with E-state index >= 15 is 0 Å². The van der Waals surface area contributed by atoms with Crippen LogP contribution in [0.1, 0.15) is 50.5 Å². The number of hydrogen-bond acceptors (Lipinski definition) is 3. The van der Waals surface area contributed by atoms with Crippen LogP contribution in [0.3, 0.4) is 0 Å². The maximum atomic E-state index is 12.7. The summed E-state index contributed by atoms with van der Waals surface area (Å²) in [6.07, 6.45) is 7.91. The lowest BCUT2D eigenvalue weighted by Gasteiger charge is -2.25. The Balaban J connectivity index is 1.51. The summed E-state index contributed by atoms with van der Waals surface area (Å²) in [5.41, 5.74) is 0.748. The van der Waals surface area contributed by atoms with Crippen LogP contribution in [0.2, 0.25) is 0 Å². The van der Waals surface area contributed by atoms with Crippen LogP contribution in [0.4, 0.5) is 0 Å². The summed E-state index contributed by atoms with van der Waals surface area (Å²) in [4.78, 5) is 12.7. The maximum absolute atomic E-state index is 12.7. The van der Waals surface area contributed by atoms with Crippen molar-refractivity contribution in [2.45, 2.75) is 56.4 Å². The number of benzene rings is 1. The van der Waals surface area contributed by atoms with Crippen molar-refractivity contribution >= 4 is 5.91 Å². The smallest absolute Gasteiger partial charge is 0.231 e. The molecule has 1 N–H and O–H groups in total. The summed E-state index contributed by atoms with van der Waals surface area (Å²) in [6, 6.07) is 6.29. The van der Waals surface area contributed by atoms with E-state index in [0.29, 0.717) is 6.04 Å². The Labute approximate surface area is 124 Å². The van der Waals surface area contributed by atoms with E-state index in [1.165, 1.54) is 19.3 Å². The molecule has 1 heterocycles. The number of carbonyl (C=O) groups is 1. The molecule has 4 nitrogen and oxygen atoms in total. The van der Waals surface area contributed by atoms with Crippen molar-refractivity contribution in [2.24, 2.45) is 0 Å². The summed E-state index contributed by atoms with van der Waals surface area (Å²) in [5.74, 6) is 1.75. The Kier molecular flexibility index (Phi) is 3.05. The van der Waals surface area contributed by atoms with E-state index in [2.05, 4.69) is 5.32 Å². The van der Waals surface area contributed by atoms with Gasteiger partial charge in [0.25, 0.3) is 0 Å². The predicted molar refractivity (Wildman–Crippen MR) is 78.5 cm³/mol. The zero-order chi connectivity index (χ0) is 14.3. The maximum Gasteiger partial charge on any atom is 0.231 e. The molecule has 1 aromatic carbocycles. The van der Waals surface area contributed by atoms with E-state index in [0.717, 1.165) is 42.7 Å². The van der Waals surface area contributed by atoms with Gasteiger partial charge in [0.05, 0.1) is 5.41 Å². The number of fused-ring (bicyclic) bond motifs is 1. The van der Waals surface area contributed by atoms with E-state index in [4.69, 9.17) is 9.47 Å². The van der Waals surface area contributed by atoms with Crippen molar-refractivity contribution in [3.63, 3.8) is 0 Å². The molecular weight excluding hydrogens is 266 g/mol. The van der Waals surface area contributed by atoms with Gasteiger partial charge in [0.15, 0.2) is 11.5 Å². The molecule has 0 saturated heterocycles. The normalized spacial score (nSPS) is 22.9. The van der Waals surface area contributed by atoms with Crippen LogP contribution in [0.25, 0.3) is 0 Å². The Hall–Kier alpha value is -1.71. The highest BCUT2D eigenvalue weighted by molar-refractivity contribution is 5.91. The molecule has 0 atom stereocenters. The van der Waals surface area contributed by atoms with Crippen LogP contribution in [0.15, 0.2) is 18.2 Å². The molecular formula is C17H21NO3. The number of rotatable bonds is 3. The summed E-state index contributed by atoms with van der Waals surface area (Å²) in [7, 11) is 0. The van der Waals surface area contributed by atoms with Gasteiger partial charge < -0.3 is 14.8 Å². The summed E-state index contributed by atoms with van der Waals surface area (Å²) in [6.45, 7) is 0.278. The van der Waals surface area contributed by atoms with Crippen molar-refractivity contribution < 1.29 is 14.3 Å². The number of carbonyl (C=O) groups excluding carboxylic acids is 1. The van der Waals surface area contributed by atoms with Gasteiger partial charge in [0, 0.05) is 6.04 Å². The van der Waals surface area contributed by atoms with Gasteiger partial charge in [-0.15, -0.1) is 0 Å². The van der Waals surface area contributed by atoms with Crippen LogP contribution >= 0.6 is 0 Å². The Morgan fingerprint density at radius 2 is 1.86 bits per heavy atom.